The second-order valence-electron chi connectivity index (χ2n) is 16.7. The molecule has 5 heterocycles. The zero-order valence-electron chi connectivity index (χ0n) is 30.4. The van der Waals surface area contributed by atoms with Gasteiger partial charge < -0.3 is 14.4 Å². The van der Waals surface area contributed by atoms with Crippen LogP contribution in [0.4, 0.5) is 11.4 Å². The average molecular weight is 666 g/mol. The number of benzene rings is 4. The molecule has 0 aromatic heterocycles. The third kappa shape index (κ3) is 4.48. The van der Waals surface area contributed by atoms with Crippen molar-refractivity contribution in [2.75, 3.05) is 24.6 Å². The number of ether oxygens (including phenoxy) is 2. The lowest BCUT2D eigenvalue weighted by molar-refractivity contribution is -0.466. The summed E-state index contributed by atoms with van der Waals surface area (Å²) in [6, 6.07) is 27.1. The normalized spacial score (nSPS) is 25.5. The minimum atomic E-state index is -0.198. The van der Waals surface area contributed by atoms with Gasteiger partial charge in [0.25, 0.3) is 0 Å². The molecule has 4 aromatic rings. The molecule has 5 aliphatic heterocycles. The maximum Gasteiger partial charge on any atom is 0.302 e. The first kappa shape index (κ1) is 31.7. The van der Waals surface area contributed by atoms with Crippen molar-refractivity contribution in [2.45, 2.75) is 96.7 Å². The van der Waals surface area contributed by atoms with Crippen molar-refractivity contribution in [3.8, 4) is 0 Å². The predicted octanol–water partition coefficient (Wildman–Crippen LogP) is 9.66. The molecule has 0 amide bonds. The molecule has 0 saturated heterocycles. The minimum Gasteiger partial charge on any atom is -0.466 e. The lowest BCUT2D eigenvalue weighted by Crippen LogP contribution is -2.54. The number of hydrogen-bond donors (Lipinski definition) is 0. The fraction of sp³-hybridized carbons (Fsp3) is 0.422. The Morgan fingerprint density at radius 2 is 1.58 bits per heavy atom. The van der Waals surface area contributed by atoms with Gasteiger partial charge in [-0.3, -0.25) is 4.79 Å². The molecule has 256 valence electrons. The van der Waals surface area contributed by atoms with Crippen LogP contribution in [-0.2, 0) is 25.1 Å². The molecule has 0 spiro atoms. The number of esters is 1. The van der Waals surface area contributed by atoms with E-state index in [1.165, 1.54) is 73.5 Å². The molecule has 0 bridgehead atoms. The lowest BCUT2D eigenvalue weighted by atomic mass is 9.68. The fourth-order valence-electron chi connectivity index (χ4n) is 10.5. The highest BCUT2D eigenvalue weighted by Gasteiger charge is 2.59. The zero-order valence-corrected chi connectivity index (χ0v) is 30.4. The van der Waals surface area contributed by atoms with Crippen LogP contribution < -0.4 is 4.90 Å². The SMILES string of the molecule is CC(=O)OCCCCCC1(C)C2=C3C=C4C5=[N+](CC(C)(C)C4OC3CCN2c2ccc3ccccc3c21)c1ccc2ccccc2c1C5(C)C. The predicted molar refractivity (Wildman–Crippen MR) is 203 cm³/mol. The van der Waals surface area contributed by atoms with Crippen LogP contribution in [0.5, 0.6) is 0 Å². The molecular weight excluding hydrogens is 617 g/mol. The number of nitrogens with zero attached hydrogens (tertiary/aromatic N) is 2. The van der Waals surface area contributed by atoms with E-state index in [4.69, 9.17) is 9.47 Å². The van der Waals surface area contributed by atoms with Gasteiger partial charge in [0.15, 0.2) is 12.3 Å². The summed E-state index contributed by atoms with van der Waals surface area (Å²) >= 11 is 0. The highest BCUT2D eigenvalue weighted by molar-refractivity contribution is 6.12. The van der Waals surface area contributed by atoms with Crippen LogP contribution in [0.25, 0.3) is 21.5 Å². The van der Waals surface area contributed by atoms with E-state index in [2.05, 4.69) is 123 Å². The van der Waals surface area contributed by atoms with E-state index in [1.807, 2.05) is 0 Å². The smallest absolute Gasteiger partial charge is 0.302 e. The van der Waals surface area contributed by atoms with Gasteiger partial charge in [-0.25, -0.2) is 0 Å². The van der Waals surface area contributed by atoms with Gasteiger partial charge >= 0.3 is 5.97 Å². The second-order valence-corrected chi connectivity index (χ2v) is 16.7. The molecule has 9 rings (SSSR count). The van der Waals surface area contributed by atoms with Crippen LogP contribution in [0.2, 0.25) is 0 Å². The molecule has 5 heteroatoms. The molecule has 0 saturated carbocycles. The molecule has 3 atom stereocenters. The van der Waals surface area contributed by atoms with Crippen LogP contribution in [0, 0.1) is 5.41 Å². The third-order valence-corrected chi connectivity index (χ3v) is 12.5. The first-order valence-electron chi connectivity index (χ1n) is 18.7. The van der Waals surface area contributed by atoms with Gasteiger partial charge in [0.1, 0.15) is 6.10 Å². The van der Waals surface area contributed by atoms with Crippen molar-refractivity contribution < 1.29 is 18.8 Å². The van der Waals surface area contributed by atoms with Crippen molar-refractivity contribution in [1.29, 1.82) is 0 Å². The van der Waals surface area contributed by atoms with Gasteiger partial charge in [-0.15, -0.1) is 0 Å². The highest BCUT2D eigenvalue weighted by Crippen LogP contribution is 2.59. The number of anilines is 1. The molecule has 0 radical (unpaired) electrons. The Labute approximate surface area is 296 Å². The summed E-state index contributed by atoms with van der Waals surface area (Å²) in [5.41, 5.74) is 10.7. The van der Waals surface area contributed by atoms with E-state index in [9.17, 15) is 4.79 Å². The molecular formula is C45H49N2O3+. The van der Waals surface area contributed by atoms with Gasteiger partial charge in [-0.05, 0) is 85.4 Å². The van der Waals surface area contributed by atoms with E-state index in [0.29, 0.717) is 6.61 Å². The first-order chi connectivity index (χ1) is 24.0. The fourth-order valence-corrected chi connectivity index (χ4v) is 10.5. The Kier molecular flexibility index (Phi) is 7.07. The topological polar surface area (TPSA) is 41.8 Å². The summed E-state index contributed by atoms with van der Waals surface area (Å²) in [4.78, 5) is 14.1. The Morgan fingerprint density at radius 1 is 0.880 bits per heavy atom. The van der Waals surface area contributed by atoms with Gasteiger partial charge in [-0.2, -0.15) is 4.58 Å². The lowest BCUT2D eigenvalue weighted by Gasteiger charge is -2.47. The van der Waals surface area contributed by atoms with Crippen molar-refractivity contribution >= 4 is 44.6 Å². The average Bonchev–Trinajstić information content (AvgIpc) is 3.49. The maximum atomic E-state index is 11.4. The number of carbonyl (C=O) groups excluding carboxylic acids is 1. The molecule has 4 aromatic carbocycles. The highest BCUT2D eigenvalue weighted by atomic mass is 16.5. The van der Waals surface area contributed by atoms with E-state index >= 15 is 0 Å². The monoisotopic (exact) mass is 665 g/mol. The maximum absolute atomic E-state index is 11.4. The number of rotatable bonds is 6. The van der Waals surface area contributed by atoms with Gasteiger partial charge in [0, 0.05) is 53.0 Å². The number of hydrogen-bond acceptors (Lipinski definition) is 4. The van der Waals surface area contributed by atoms with Crippen LogP contribution in [0.3, 0.4) is 0 Å². The molecule has 0 aliphatic carbocycles. The van der Waals surface area contributed by atoms with Gasteiger partial charge in [0.05, 0.1) is 23.5 Å². The van der Waals surface area contributed by atoms with Crippen LogP contribution >= 0.6 is 0 Å². The van der Waals surface area contributed by atoms with E-state index in [-0.39, 0.29) is 34.4 Å². The first-order valence-corrected chi connectivity index (χ1v) is 18.7. The molecule has 0 fully saturated rings. The molecule has 5 aliphatic rings. The van der Waals surface area contributed by atoms with E-state index in [0.717, 1.165) is 45.2 Å². The van der Waals surface area contributed by atoms with Crippen LogP contribution in [-0.4, -0.2) is 48.2 Å². The quantitative estimate of drug-likeness (QED) is 0.117. The summed E-state index contributed by atoms with van der Waals surface area (Å²) in [5, 5.41) is 5.31. The molecule has 50 heavy (non-hydrogen) atoms. The molecule has 3 unspecified atom stereocenters. The summed E-state index contributed by atoms with van der Waals surface area (Å²) in [6.07, 6.45) is 7.68. The summed E-state index contributed by atoms with van der Waals surface area (Å²) in [7, 11) is 0. The molecule has 5 nitrogen and oxygen atoms in total. The Hall–Kier alpha value is -4.22. The Balaban J connectivity index is 1.22. The van der Waals surface area contributed by atoms with Crippen LogP contribution in [0.1, 0.15) is 84.8 Å². The third-order valence-electron chi connectivity index (χ3n) is 12.5. The Morgan fingerprint density at radius 3 is 2.32 bits per heavy atom. The van der Waals surface area contributed by atoms with Gasteiger partial charge in [-0.1, -0.05) is 81.3 Å². The second kappa shape index (κ2) is 11.1. The van der Waals surface area contributed by atoms with E-state index < -0.39 is 0 Å². The number of allylic oxidation sites excluding steroid dienone is 1. The standard InChI is InChI=1S/C45H49N2O3/c1-28(48)49-25-13-7-12-23-45(6)39-32-17-11-9-15-30(32)19-21-36(39)46-24-22-37-33(41(45)46)26-34-40-44(4,5)38-31-16-10-8-14-29(31)18-20-35(38)47(40)27-43(2,3)42(34)50-37/h8-11,14-21,26,37,42H,7,12-13,22-25,27H2,1-6H3/q+1. The number of fused-ring (bicyclic) bond motifs is 12. The van der Waals surface area contributed by atoms with Crippen molar-refractivity contribution in [2.24, 2.45) is 5.41 Å². The van der Waals surface area contributed by atoms with E-state index in [1.54, 1.807) is 0 Å². The summed E-state index contributed by atoms with van der Waals surface area (Å²) in [6.45, 7) is 16.0. The number of unbranched alkanes of at least 4 members (excludes halogenated alkanes) is 2. The van der Waals surface area contributed by atoms with Crippen LogP contribution in [0.15, 0.2) is 95.7 Å². The molecule has 0 N–H and O–H groups in total. The van der Waals surface area contributed by atoms with Crippen molar-refractivity contribution in [3.63, 3.8) is 0 Å². The summed E-state index contributed by atoms with van der Waals surface area (Å²) < 4.78 is 15.3. The largest absolute Gasteiger partial charge is 0.466 e. The zero-order chi connectivity index (χ0) is 34.6. The summed E-state index contributed by atoms with van der Waals surface area (Å²) in [5.74, 6) is -0.198. The van der Waals surface area contributed by atoms with Crippen molar-refractivity contribution in [1.82, 2.24) is 0 Å². The minimum absolute atomic E-state index is 0.0339. The Bertz CT molecular complexity index is 2200. The van der Waals surface area contributed by atoms with Crippen molar-refractivity contribution in [3.05, 3.63) is 107 Å². The van der Waals surface area contributed by atoms with Gasteiger partial charge in [0.2, 0.25) is 5.69 Å². The number of carbonyl (C=O) groups is 1.